The summed E-state index contributed by atoms with van der Waals surface area (Å²) in [5.41, 5.74) is 1.99. The van der Waals surface area contributed by atoms with E-state index >= 15 is 0 Å². The van der Waals surface area contributed by atoms with Crippen molar-refractivity contribution in [2.24, 2.45) is 0 Å². The zero-order chi connectivity index (χ0) is 19.0. The van der Waals surface area contributed by atoms with Gasteiger partial charge in [0.2, 0.25) is 0 Å². The average Bonchev–Trinajstić information content (AvgIpc) is 3.22. The van der Waals surface area contributed by atoms with Crippen LogP contribution in [0.15, 0.2) is 65.7 Å². The minimum atomic E-state index is -0.290. The Morgan fingerprint density at radius 2 is 2.00 bits per heavy atom. The largest absolute Gasteiger partial charge is 0.497 e. The standard InChI is InChI=1S/C20H14N2O3S2/c1-25-13-7-8-16-14(9-13)15(11-21-16)17(23)10-18-19(24)22(20(26)27-18)12-5-3-2-4-6-12/h2-11,21H,1H3/b18-10+. The number of nitrogens with one attached hydrogen (secondary N) is 1. The number of hydrogen-bond acceptors (Lipinski definition) is 5. The van der Waals surface area contributed by atoms with Crippen LogP contribution in [0.5, 0.6) is 5.75 Å². The van der Waals surface area contributed by atoms with Gasteiger partial charge in [-0.15, -0.1) is 0 Å². The van der Waals surface area contributed by atoms with Crippen molar-refractivity contribution in [1.82, 2.24) is 4.98 Å². The van der Waals surface area contributed by atoms with Gasteiger partial charge in [0.15, 0.2) is 10.1 Å². The van der Waals surface area contributed by atoms with Crippen molar-refractivity contribution >= 4 is 56.6 Å². The molecule has 0 bridgehead atoms. The second-order valence-electron chi connectivity index (χ2n) is 5.83. The molecule has 134 valence electrons. The first-order valence-electron chi connectivity index (χ1n) is 8.11. The van der Waals surface area contributed by atoms with Crippen LogP contribution in [0.25, 0.3) is 10.9 Å². The van der Waals surface area contributed by atoms with Gasteiger partial charge < -0.3 is 9.72 Å². The van der Waals surface area contributed by atoms with Crippen LogP contribution in [0.1, 0.15) is 10.4 Å². The molecule has 1 aliphatic rings. The number of ketones is 1. The molecule has 7 heteroatoms. The number of aromatic amines is 1. The first-order valence-corrected chi connectivity index (χ1v) is 9.33. The maximum absolute atomic E-state index is 12.8. The Morgan fingerprint density at radius 3 is 2.74 bits per heavy atom. The monoisotopic (exact) mass is 394 g/mol. The van der Waals surface area contributed by atoms with Crippen LogP contribution < -0.4 is 9.64 Å². The number of thiocarbonyl (C=S) groups is 1. The maximum atomic E-state index is 12.8. The number of thioether (sulfide) groups is 1. The summed E-state index contributed by atoms with van der Waals surface area (Å²) < 4.78 is 5.64. The Labute approximate surface area is 165 Å². The van der Waals surface area contributed by atoms with Crippen LogP contribution in [0.4, 0.5) is 5.69 Å². The highest BCUT2D eigenvalue weighted by molar-refractivity contribution is 8.27. The zero-order valence-corrected chi connectivity index (χ0v) is 15.9. The summed E-state index contributed by atoms with van der Waals surface area (Å²) in [5, 5.41) is 0.745. The lowest BCUT2D eigenvalue weighted by Crippen LogP contribution is -2.27. The number of para-hydroxylation sites is 1. The minimum absolute atomic E-state index is 0.261. The predicted molar refractivity (Wildman–Crippen MR) is 111 cm³/mol. The van der Waals surface area contributed by atoms with E-state index in [-0.39, 0.29) is 11.7 Å². The van der Waals surface area contributed by atoms with Crippen molar-refractivity contribution < 1.29 is 14.3 Å². The molecular formula is C20H14N2O3S2. The Balaban J connectivity index is 1.67. The van der Waals surface area contributed by atoms with Gasteiger partial charge in [0.05, 0.1) is 17.7 Å². The molecular weight excluding hydrogens is 380 g/mol. The Kier molecular flexibility index (Phi) is 4.55. The highest BCUT2D eigenvalue weighted by atomic mass is 32.2. The van der Waals surface area contributed by atoms with E-state index in [0.29, 0.717) is 26.2 Å². The van der Waals surface area contributed by atoms with Crippen molar-refractivity contribution in [1.29, 1.82) is 0 Å². The highest BCUT2D eigenvalue weighted by Crippen LogP contribution is 2.35. The first-order chi connectivity index (χ1) is 13.1. The summed E-state index contributed by atoms with van der Waals surface area (Å²) in [6.07, 6.45) is 2.99. The van der Waals surface area contributed by atoms with Crippen molar-refractivity contribution in [3.05, 3.63) is 71.3 Å². The molecule has 2 heterocycles. The zero-order valence-electron chi connectivity index (χ0n) is 14.3. The highest BCUT2D eigenvalue weighted by Gasteiger charge is 2.33. The number of nitrogens with zero attached hydrogens (tertiary/aromatic N) is 1. The molecule has 5 nitrogen and oxygen atoms in total. The SMILES string of the molecule is COc1ccc2[nH]cc(C(=O)/C=C3/SC(=S)N(c4ccccc4)C3=O)c2c1. The van der Waals surface area contributed by atoms with Gasteiger partial charge in [-0.25, -0.2) is 0 Å². The molecule has 27 heavy (non-hydrogen) atoms. The smallest absolute Gasteiger partial charge is 0.270 e. The van der Waals surface area contributed by atoms with Gasteiger partial charge in [0.25, 0.3) is 5.91 Å². The van der Waals surface area contributed by atoms with E-state index < -0.39 is 0 Å². The number of amides is 1. The molecule has 1 aromatic heterocycles. The molecule has 1 fully saturated rings. The number of hydrogen-bond donors (Lipinski definition) is 1. The fourth-order valence-corrected chi connectivity index (χ4v) is 4.16. The van der Waals surface area contributed by atoms with Crippen molar-refractivity contribution in [2.45, 2.75) is 0 Å². The summed E-state index contributed by atoms with van der Waals surface area (Å²) in [6, 6.07) is 14.6. The van der Waals surface area contributed by atoms with Crippen LogP contribution in [0, 0.1) is 0 Å². The number of ether oxygens (including phenoxy) is 1. The van der Waals surface area contributed by atoms with E-state index in [0.717, 1.165) is 22.7 Å². The lowest BCUT2D eigenvalue weighted by molar-refractivity contribution is -0.113. The topological polar surface area (TPSA) is 62.4 Å². The molecule has 0 saturated carbocycles. The molecule has 0 aliphatic carbocycles. The number of methoxy groups -OCH3 is 1. The molecule has 1 amide bonds. The van der Waals surface area contributed by atoms with Crippen LogP contribution in [-0.4, -0.2) is 28.1 Å². The fraction of sp³-hybridized carbons (Fsp3) is 0.0500. The lowest BCUT2D eigenvalue weighted by atomic mass is 10.1. The van der Waals surface area contributed by atoms with Gasteiger partial charge >= 0.3 is 0 Å². The molecule has 2 aromatic carbocycles. The van der Waals surface area contributed by atoms with Crippen molar-refractivity contribution in [2.75, 3.05) is 12.0 Å². The third kappa shape index (κ3) is 3.15. The van der Waals surface area contributed by atoms with E-state index in [2.05, 4.69) is 4.98 Å². The summed E-state index contributed by atoms with van der Waals surface area (Å²) in [7, 11) is 1.57. The summed E-state index contributed by atoms with van der Waals surface area (Å²) in [5.74, 6) is 0.108. The molecule has 0 spiro atoms. The van der Waals surface area contributed by atoms with Crippen LogP contribution in [0.2, 0.25) is 0 Å². The quantitative estimate of drug-likeness (QED) is 0.406. The summed E-state index contributed by atoms with van der Waals surface area (Å²) in [4.78, 5) is 30.4. The summed E-state index contributed by atoms with van der Waals surface area (Å²) in [6.45, 7) is 0. The van der Waals surface area contributed by atoms with E-state index in [1.165, 1.54) is 11.0 Å². The number of aromatic nitrogens is 1. The lowest BCUT2D eigenvalue weighted by Gasteiger charge is -2.13. The molecule has 1 saturated heterocycles. The molecule has 1 aliphatic heterocycles. The van der Waals surface area contributed by atoms with Crippen molar-refractivity contribution in [3.63, 3.8) is 0 Å². The van der Waals surface area contributed by atoms with Crippen LogP contribution in [0.3, 0.4) is 0 Å². The Hall–Kier alpha value is -2.90. The van der Waals surface area contributed by atoms with E-state index in [9.17, 15) is 9.59 Å². The second kappa shape index (κ2) is 7.02. The van der Waals surface area contributed by atoms with E-state index in [1.54, 1.807) is 19.4 Å². The number of anilines is 1. The van der Waals surface area contributed by atoms with Crippen molar-refractivity contribution in [3.8, 4) is 5.75 Å². The molecule has 3 aromatic rings. The van der Waals surface area contributed by atoms with Gasteiger partial charge in [-0.3, -0.25) is 14.5 Å². The predicted octanol–water partition coefficient (Wildman–Crippen LogP) is 4.31. The minimum Gasteiger partial charge on any atom is -0.497 e. The van der Waals surface area contributed by atoms with E-state index in [1.807, 2.05) is 42.5 Å². The first kappa shape index (κ1) is 17.5. The fourth-order valence-electron chi connectivity index (χ4n) is 2.89. The van der Waals surface area contributed by atoms with Crippen LogP contribution in [-0.2, 0) is 4.79 Å². The maximum Gasteiger partial charge on any atom is 0.270 e. The molecule has 1 N–H and O–H groups in total. The van der Waals surface area contributed by atoms with Gasteiger partial charge in [0.1, 0.15) is 5.75 Å². The Bertz CT molecular complexity index is 1100. The number of H-pyrrole nitrogens is 1. The third-order valence-corrected chi connectivity index (χ3v) is 5.53. The summed E-state index contributed by atoms with van der Waals surface area (Å²) >= 11 is 6.46. The third-order valence-electron chi connectivity index (χ3n) is 4.22. The van der Waals surface area contributed by atoms with Gasteiger partial charge in [-0.05, 0) is 30.3 Å². The second-order valence-corrected chi connectivity index (χ2v) is 7.51. The number of allylic oxidation sites excluding steroid dienone is 1. The number of carbonyl (C=O) groups is 2. The van der Waals surface area contributed by atoms with Gasteiger partial charge in [0, 0.05) is 28.7 Å². The average molecular weight is 394 g/mol. The number of rotatable bonds is 4. The van der Waals surface area contributed by atoms with Gasteiger partial charge in [-0.2, -0.15) is 0 Å². The van der Waals surface area contributed by atoms with Crippen LogP contribution >= 0.6 is 24.0 Å². The number of fused-ring (bicyclic) bond motifs is 1. The van der Waals surface area contributed by atoms with E-state index in [4.69, 9.17) is 17.0 Å². The molecule has 0 radical (unpaired) electrons. The normalized spacial score (nSPS) is 15.7. The molecule has 0 unspecified atom stereocenters. The molecule has 0 atom stereocenters. The number of carbonyl (C=O) groups excluding carboxylic acids is 2. The van der Waals surface area contributed by atoms with Gasteiger partial charge in [-0.1, -0.05) is 42.2 Å². The molecule has 4 rings (SSSR count). The number of benzene rings is 2. The Morgan fingerprint density at radius 1 is 1.22 bits per heavy atom.